The second-order valence-corrected chi connectivity index (χ2v) is 4.27. The lowest BCUT2D eigenvalue weighted by molar-refractivity contribution is 0.225. The molecule has 0 heterocycles. The normalized spacial score (nSPS) is 18.2. The third kappa shape index (κ3) is 2.37. The highest BCUT2D eigenvalue weighted by Crippen LogP contribution is 2.38. The molecule has 17 heavy (non-hydrogen) atoms. The van der Waals surface area contributed by atoms with Crippen LogP contribution in [0.25, 0.3) is 0 Å². The molecule has 0 saturated heterocycles. The fourth-order valence-electron chi connectivity index (χ4n) is 1.63. The van der Waals surface area contributed by atoms with Crippen LogP contribution < -0.4 is 10.5 Å². The van der Waals surface area contributed by atoms with Gasteiger partial charge in [-0.2, -0.15) is 9.65 Å². The molecule has 0 aromatic heterocycles. The standard InChI is InChI=1S/C12H12F2N2O/c13-9-2-1-3-10(11(9)14)17-7-12(16,6-15)8-4-5-8/h1-3,8H,4-5,7,16H2. The van der Waals surface area contributed by atoms with Crippen LogP contribution in [0.4, 0.5) is 8.78 Å². The Hall–Kier alpha value is -1.67. The highest BCUT2D eigenvalue weighted by Gasteiger charge is 2.43. The minimum Gasteiger partial charge on any atom is -0.487 e. The number of rotatable bonds is 4. The summed E-state index contributed by atoms with van der Waals surface area (Å²) < 4.78 is 31.3. The van der Waals surface area contributed by atoms with Crippen LogP contribution in [0, 0.1) is 28.9 Å². The lowest BCUT2D eigenvalue weighted by Crippen LogP contribution is -2.46. The van der Waals surface area contributed by atoms with Gasteiger partial charge in [-0.25, -0.2) is 4.39 Å². The molecule has 90 valence electrons. The van der Waals surface area contributed by atoms with Gasteiger partial charge in [0.2, 0.25) is 5.82 Å². The number of hydrogen-bond acceptors (Lipinski definition) is 3. The molecule has 3 nitrogen and oxygen atoms in total. The first-order valence-corrected chi connectivity index (χ1v) is 5.34. The number of halogens is 2. The molecule has 1 aliphatic rings. The van der Waals surface area contributed by atoms with Crippen LogP contribution in [0.15, 0.2) is 18.2 Å². The summed E-state index contributed by atoms with van der Waals surface area (Å²) in [6.45, 7) is -0.130. The maximum Gasteiger partial charge on any atom is 0.200 e. The summed E-state index contributed by atoms with van der Waals surface area (Å²) >= 11 is 0. The largest absolute Gasteiger partial charge is 0.487 e. The summed E-state index contributed by atoms with van der Waals surface area (Å²) in [5, 5.41) is 8.97. The van der Waals surface area contributed by atoms with Gasteiger partial charge < -0.3 is 10.5 Å². The average molecular weight is 238 g/mol. The van der Waals surface area contributed by atoms with E-state index in [0.29, 0.717) is 0 Å². The molecule has 1 aromatic rings. The Balaban J connectivity index is 2.07. The van der Waals surface area contributed by atoms with E-state index in [2.05, 4.69) is 0 Å². The minimum atomic E-state index is -1.11. The van der Waals surface area contributed by atoms with Crippen molar-refractivity contribution in [2.24, 2.45) is 11.7 Å². The van der Waals surface area contributed by atoms with Gasteiger partial charge in [-0.05, 0) is 30.9 Å². The Kier molecular flexibility index (Phi) is 2.99. The Labute approximate surface area is 97.8 Å². The highest BCUT2D eigenvalue weighted by atomic mass is 19.2. The zero-order valence-electron chi connectivity index (χ0n) is 9.12. The molecule has 1 aliphatic carbocycles. The first-order chi connectivity index (χ1) is 8.07. The third-order valence-electron chi connectivity index (χ3n) is 2.90. The second-order valence-electron chi connectivity index (χ2n) is 4.27. The van der Waals surface area contributed by atoms with Crippen LogP contribution in [-0.4, -0.2) is 12.1 Å². The quantitative estimate of drug-likeness (QED) is 0.872. The van der Waals surface area contributed by atoms with E-state index in [4.69, 9.17) is 15.7 Å². The summed E-state index contributed by atoms with van der Waals surface area (Å²) in [5.74, 6) is -2.16. The van der Waals surface area contributed by atoms with Gasteiger partial charge in [0.15, 0.2) is 11.6 Å². The van der Waals surface area contributed by atoms with Gasteiger partial charge in [0.25, 0.3) is 0 Å². The Bertz CT molecular complexity index is 468. The van der Waals surface area contributed by atoms with Gasteiger partial charge in [0.05, 0.1) is 6.07 Å². The van der Waals surface area contributed by atoms with Crippen molar-refractivity contribution in [2.45, 2.75) is 18.4 Å². The predicted molar refractivity (Wildman–Crippen MR) is 57.1 cm³/mol. The van der Waals surface area contributed by atoms with Crippen molar-refractivity contribution < 1.29 is 13.5 Å². The molecule has 2 N–H and O–H groups in total. The SMILES string of the molecule is N#CC(N)(COc1cccc(F)c1F)C1CC1. The molecule has 1 aromatic carbocycles. The number of hydrogen-bond donors (Lipinski definition) is 1. The van der Waals surface area contributed by atoms with Crippen LogP contribution in [0.1, 0.15) is 12.8 Å². The molecule has 0 amide bonds. The summed E-state index contributed by atoms with van der Waals surface area (Å²) in [5.41, 5.74) is 4.72. The van der Waals surface area contributed by atoms with Crippen LogP contribution in [0.3, 0.4) is 0 Å². The van der Waals surface area contributed by atoms with Crippen LogP contribution in [-0.2, 0) is 0 Å². The number of nitrogens with zero attached hydrogens (tertiary/aromatic N) is 1. The van der Waals surface area contributed by atoms with Gasteiger partial charge in [-0.15, -0.1) is 0 Å². The summed E-state index contributed by atoms with van der Waals surface area (Å²) in [7, 11) is 0. The Morgan fingerprint density at radius 3 is 2.76 bits per heavy atom. The fourth-order valence-corrected chi connectivity index (χ4v) is 1.63. The summed E-state index contributed by atoms with van der Waals surface area (Å²) in [6.07, 6.45) is 1.75. The van der Waals surface area contributed by atoms with Gasteiger partial charge >= 0.3 is 0 Å². The van der Waals surface area contributed by atoms with Crippen molar-refractivity contribution in [2.75, 3.05) is 6.61 Å². The zero-order valence-corrected chi connectivity index (χ0v) is 9.12. The van der Waals surface area contributed by atoms with Crippen LogP contribution >= 0.6 is 0 Å². The third-order valence-corrected chi connectivity index (χ3v) is 2.90. The van der Waals surface area contributed by atoms with Crippen LogP contribution in [0.2, 0.25) is 0 Å². The molecule has 2 rings (SSSR count). The highest BCUT2D eigenvalue weighted by molar-refractivity contribution is 5.26. The fraction of sp³-hybridized carbons (Fsp3) is 0.417. The van der Waals surface area contributed by atoms with E-state index in [9.17, 15) is 8.78 Å². The molecule has 0 spiro atoms. The Morgan fingerprint density at radius 1 is 1.47 bits per heavy atom. The predicted octanol–water partition coefficient (Wildman–Crippen LogP) is 1.97. The first kappa shape index (κ1) is 11.8. The van der Waals surface area contributed by atoms with E-state index in [-0.39, 0.29) is 18.3 Å². The van der Waals surface area contributed by atoms with Gasteiger partial charge in [0, 0.05) is 0 Å². The zero-order chi connectivity index (χ0) is 12.5. The van der Waals surface area contributed by atoms with Crippen LogP contribution in [0.5, 0.6) is 5.75 Å². The van der Waals surface area contributed by atoms with E-state index >= 15 is 0 Å². The van der Waals surface area contributed by atoms with Crippen molar-refractivity contribution in [3.63, 3.8) is 0 Å². The molecule has 1 saturated carbocycles. The molecule has 0 radical (unpaired) electrons. The van der Waals surface area contributed by atoms with E-state index in [1.807, 2.05) is 6.07 Å². The number of benzene rings is 1. The summed E-state index contributed by atoms with van der Waals surface area (Å²) in [6, 6.07) is 5.64. The number of nitrogens with two attached hydrogens (primary N) is 1. The minimum absolute atomic E-state index is 0.0871. The maximum atomic E-state index is 13.3. The topological polar surface area (TPSA) is 59.0 Å². The molecule has 1 unspecified atom stereocenters. The second kappa shape index (κ2) is 4.30. The van der Waals surface area contributed by atoms with Gasteiger partial charge in [-0.1, -0.05) is 6.07 Å². The van der Waals surface area contributed by atoms with Crippen molar-refractivity contribution in [1.82, 2.24) is 0 Å². The lowest BCUT2D eigenvalue weighted by atomic mass is 9.98. The van der Waals surface area contributed by atoms with Crippen molar-refractivity contribution in [1.29, 1.82) is 5.26 Å². The molecule has 0 aliphatic heterocycles. The number of ether oxygens (including phenoxy) is 1. The monoisotopic (exact) mass is 238 g/mol. The van der Waals surface area contributed by atoms with E-state index in [1.54, 1.807) is 0 Å². The van der Waals surface area contributed by atoms with Crippen molar-refractivity contribution in [3.05, 3.63) is 29.8 Å². The first-order valence-electron chi connectivity index (χ1n) is 5.34. The lowest BCUT2D eigenvalue weighted by Gasteiger charge is -2.21. The molecule has 1 fully saturated rings. The van der Waals surface area contributed by atoms with Gasteiger partial charge in [0.1, 0.15) is 12.1 Å². The summed E-state index contributed by atoms with van der Waals surface area (Å²) in [4.78, 5) is 0. The number of nitriles is 1. The molecule has 5 heteroatoms. The van der Waals surface area contributed by atoms with Gasteiger partial charge in [-0.3, -0.25) is 0 Å². The molecular weight excluding hydrogens is 226 g/mol. The molecule has 0 bridgehead atoms. The van der Waals surface area contributed by atoms with Crippen molar-refractivity contribution >= 4 is 0 Å². The van der Waals surface area contributed by atoms with Crippen molar-refractivity contribution in [3.8, 4) is 11.8 Å². The smallest absolute Gasteiger partial charge is 0.200 e. The maximum absolute atomic E-state index is 13.3. The van der Waals surface area contributed by atoms with E-state index in [1.165, 1.54) is 12.1 Å². The Morgan fingerprint density at radius 2 is 2.18 bits per heavy atom. The molecular formula is C12H12F2N2O. The van der Waals surface area contributed by atoms with E-state index < -0.39 is 17.2 Å². The average Bonchev–Trinajstić information content (AvgIpc) is 3.15. The molecule has 1 atom stereocenters. The van der Waals surface area contributed by atoms with E-state index in [0.717, 1.165) is 18.9 Å².